The van der Waals surface area contributed by atoms with Crippen LogP contribution in [-0.2, 0) is 0 Å². The molecule has 0 spiro atoms. The Hall–Kier alpha value is -0.940. The summed E-state index contributed by atoms with van der Waals surface area (Å²) in [5.41, 5.74) is 6.53. The summed E-state index contributed by atoms with van der Waals surface area (Å²) in [5.74, 6) is 0.378. The van der Waals surface area contributed by atoms with Crippen molar-refractivity contribution in [3.8, 4) is 5.75 Å². The largest absolute Gasteiger partial charge is 0.492 e. The van der Waals surface area contributed by atoms with Crippen LogP contribution in [0.15, 0.2) is 18.2 Å². The number of benzene rings is 1. The standard InChI is InChI=1S/C12H15ClF3NO/c1-8(17)9-3-4-11(10(13)7-9)18-6-2-5-12(14,15)16/h3-4,7-8H,2,5-6,17H2,1H3/t8-/m0/s1. The van der Waals surface area contributed by atoms with E-state index in [0.717, 1.165) is 5.56 Å². The fourth-order valence-electron chi connectivity index (χ4n) is 1.37. The van der Waals surface area contributed by atoms with Gasteiger partial charge < -0.3 is 10.5 Å². The molecule has 1 aromatic carbocycles. The van der Waals surface area contributed by atoms with Crippen LogP contribution >= 0.6 is 11.6 Å². The maximum atomic E-state index is 11.9. The first kappa shape index (κ1) is 15.1. The summed E-state index contributed by atoms with van der Waals surface area (Å²) in [6.07, 6.45) is -5.09. The van der Waals surface area contributed by atoms with E-state index in [1.54, 1.807) is 18.2 Å². The van der Waals surface area contributed by atoms with E-state index >= 15 is 0 Å². The number of alkyl halides is 3. The molecule has 0 aromatic heterocycles. The molecule has 1 aromatic rings. The van der Waals surface area contributed by atoms with Crippen LogP contribution in [0.2, 0.25) is 5.02 Å². The van der Waals surface area contributed by atoms with Crippen LogP contribution in [0.1, 0.15) is 31.4 Å². The number of ether oxygens (including phenoxy) is 1. The molecule has 0 saturated carbocycles. The Balaban J connectivity index is 2.48. The Labute approximate surface area is 109 Å². The maximum Gasteiger partial charge on any atom is 0.389 e. The van der Waals surface area contributed by atoms with Crippen molar-refractivity contribution < 1.29 is 17.9 Å². The second-order valence-electron chi connectivity index (χ2n) is 4.05. The Kier molecular flexibility index (Phi) is 5.28. The van der Waals surface area contributed by atoms with Gasteiger partial charge in [-0.3, -0.25) is 0 Å². The molecule has 0 heterocycles. The van der Waals surface area contributed by atoms with Crippen molar-refractivity contribution in [2.24, 2.45) is 5.73 Å². The third-order valence-electron chi connectivity index (χ3n) is 2.34. The Morgan fingerprint density at radius 3 is 2.56 bits per heavy atom. The quantitative estimate of drug-likeness (QED) is 0.825. The summed E-state index contributed by atoms with van der Waals surface area (Å²) in [5, 5.41) is 0.358. The van der Waals surface area contributed by atoms with Crippen molar-refractivity contribution in [2.45, 2.75) is 32.0 Å². The lowest BCUT2D eigenvalue weighted by Crippen LogP contribution is -2.10. The average Bonchev–Trinajstić information content (AvgIpc) is 2.24. The van der Waals surface area contributed by atoms with Crippen LogP contribution in [0.25, 0.3) is 0 Å². The van der Waals surface area contributed by atoms with Gasteiger partial charge in [0.25, 0.3) is 0 Å². The molecule has 0 aliphatic carbocycles. The summed E-state index contributed by atoms with van der Waals surface area (Å²) in [6.45, 7) is 1.80. The number of nitrogens with two attached hydrogens (primary N) is 1. The van der Waals surface area contributed by atoms with Gasteiger partial charge in [-0.25, -0.2) is 0 Å². The molecule has 0 fully saturated rings. The van der Waals surface area contributed by atoms with Gasteiger partial charge in [0.1, 0.15) is 5.75 Å². The van der Waals surface area contributed by atoms with E-state index in [1.807, 2.05) is 6.92 Å². The first-order valence-electron chi connectivity index (χ1n) is 5.54. The van der Waals surface area contributed by atoms with Gasteiger partial charge in [-0.1, -0.05) is 17.7 Å². The Morgan fingerprint density at radius 2 is 2.06 bits per heavy atom. The first-order valence-corrected chi connectivity index (χ1v) is 5.92. The fraction of sp³-hybridized carbons (Fsp3) is 0.500. The summed E-state index contributed by atoms with van der Waals surface area (Å²) < 4.78 is 40.9. The van der Waals surface area contributed by atoms with E-state index in [-0.39, 0.29) is 19.1 Å². The predicted molar refractivity (Wildman–Crippen MR) is 64.8 cm³/mol. The van der Waals surface area contributed by atoms with E-state index in [0.29, 0.717) is 10.8 Å². The van der Waals surface area contributed by atoms with Crippen molar-refractivity contribution in [1.82, 2.24) is 0 Å². The molecule has 2 N–H and O–H groups in total. The van der Waals surface area contributed by atoms with Crippen molar-refractivity contribution in [3.63, 3.8) is 0 Å². The summed E-state index contributed by atoms with van der Waals surface area (Å²) in [6, 6.07) is 4.87. The maximum absolute atomic E-state index is 11.9. The smallest absolute Gasteiger partial charge is 0.389 e. The molecule has 0 bridgehead atoms. The highest BCUT2D eigenvalue weighted by Gasteiger charge is 2.26. The van der Waals surface area contributed by atoms with E-state index in [1.165, 1.54) is 0 Å². The van der Waals surface area contributed by atoms with E-state index < -0.39 is 12.6 Å². The number of hydrogen-bond acceptors (Lipinski definition) is 2. The number of rotatable bonds is 5. The first-order chi connectivity index (χ1) is 8.29. The molecule has 0 unspecified atom stereocenters. The molecule has 6 heteroatoms. The molecule has 1 atom stereocenters. The van der Waals surface area contributed by atoms with Gasteiger partial charge >= 0.3 is 6.18 Å². The van der Waals surface area contributed by atoms with Gasteiger partial charge in [0.15, 0.2) is 0 Å². The van der Waals surface area contributed by atoms with Crippen molar-refractivity contribution in [2.75, 3.05) is 6.61 Å². The lowest BCUT2D eigenvalue weighted by atomic mass is 10.1. The van der Waals surface area contributed by atoms with Crippen molar-refractivity contribution in [1.29, 1.82) is 0 Å². The van der Waals surface area contributed by atoms with Crippen LogP contribution in [0.4, 0.5) is 13.2 Å². The number of halogens is 4. The van der Waals surface area contributed by atoms with E-state index in [4.69, 9.17) is 22.1 Å². The Bertz CT molecular complexity index is 393. The lowest BCUT2D eigenvalue weighted by Gasteiger charge is -2.11. The molecule has 0 saturated heterocycles. The van der Waals surface area contributed by atoms with Gasteiger partial charge in [0, 0.05) is 12.5 Å². The molecule has 0 aliphatic rings. The highest BCUT2D eigenvalue weighted by Crippen LogP contribution is 2.28. The molecule has 0 radical (unpaired) electrons. The molecule has 18 heavy (non-hydrogen) atoms. The van der Waals surface area contributed by atoms with Crippen molar-refractivity contribution in [3.05, 3.63) is 28.8 Å². The zero-order valence-corrected chi connectivity index (χ0v) is 10.7. The third-order valence-corrected chi connectivity index (χ3v) is 2.64. The highest BCUT2D eigenvalue weighted by molar-refractivity contribution is 6.32. The van der Waals surface area contributed by atoms with Gasteiger partial charge in [-0.15, -0.1) is 0 Å². The molecule has 0 amide bonds. The molecule has 2 nitrogen and oxygen atoms in total. The predicted octanol–water partition coefficient (Wildman–Crippen LogP) is 4.08. The highest BCUT2D eigenvalue weighted by atomic mass is 35.5. The SMILES string of the molecule is C[C@H](N)c1ccc(OCCCC(F)(F)F)c(Cl)c1. The van der Waals surface area contributed by atoms with Crippen LogP contribution in [0, 0.1) is 0 Å². The Morgan fingerprint density at radius 1 is 1.39 bits per heavy atom. The topological polar surface area (TPSA) is 35.2 Å². The van der Waals surface area contributed by atoms with Gasteiger partial charge in [0.05, 0.1) is 11.6 Å². The van der Waals surface area contributed by atoms with E-state index in [2.05, 4.69) is 0 Å². The molecule has 102 valence electrons. The summed E-state index contributed by atoms with van der Waals surface area (Å²) in [7, 11) is 0. The van der Waals surface area contributed by atoms with Crippen molar-refractivity contribution >= 4 is 11.6 Å². The van der Waals surface area contributed by atoms with E-state index in [9.17, 15) is 13.2 Å². The third kappa shape index (κ3) is 5.14. The zero-order chi connectivity index (χ0) is 13.8. The van der Waals surface area contributed by atoms with Gasteiger partial charge in [0.2, 0.25) is 0 Å². The monoisotopic (exact) mass is 281 g/mol. The lowest BCUT2D eigenvalue weighted by molar-refractivity contribution is -0.136. The van der Waals surface area contributed by atoms with Gasteiger partial charge in [-0.2, -0.15) is 13.2 Å². The van der Waals surface area contributed by atoms with Crippen LogP contribution in [0.3, 0.4) is 0 Å². The average molecular weight is 282 g/mol. The van der Waals surface area contributed by atoms with Gasteiger partial charge in [-0.05, 0) is 31.0 Å². The second-order valence-corrected chi connectivity index (χ2v) is 4.45. The minimum Gasteiger partial charge on any atom is -0.492 e. The minimum absolute atomic E-state index is 0.0171. The zero-order valence-electron chi connectivity index (χ0n) is 9.93. The minimum atomic E-state index is -4.15. The fourth-order valence-corrected chi connectivity index (χ4v) is 1.62. The summed E-state index contributed by atoms with van der Waals surface area (Å²) >= 11 is 5.94. The second kappa shape index (κ2) is 6.29. The van der Waals surface area contributed by atoms with Crippen LogP contribution < -0.4 is 10.5 Å². The molecule has 1 rings (SSSR count). The molecule has 0 aliphatic heterocycles. The van der Waals surface area contributed by atoms with Crippen LogP contribution in [0.5, 0.6) is 5.75 Å². The normalized spacial score (nSPS) is 13.4. The van der Waals surface area contributed by atoms with Crippen LogP contribution in [-0.4, -0.2) is 12.8 Å². The molecular formula is C12H15ClF3NO. The number of hydrogen-bond donors (Lipinski definition) is 1. The molecular weight excluding hydrogens is 267 g/mol. The summed E-state index contributed by atoms with van der Waals surface area (Å²) in [4.78, 5) is 0.